The largest absolute Gasteiger partial charge is 0.469 e. The van der Waals surface area contributed by atoms with Gasteiger partial charge in [0.15, 0.2) is 5.78 Å². The highest BCUT2D eigenvalue weighted by Crippen LogP contribution is 2.64. The molecule has 0 amide bonds. The monoisotopic (exact) mass is 486 g/mol. The zero-order chi connectivity index (χ0) is 25.3. The van der Waals surface area contributed by atoms with Crippen molar-refractivity contribution in [2.45, 2.75) is 72.1 Å². The predicted molar refractivity (Wildman–Crippen MR) is 142 cm³/mol. The maximum absolute atomic E-state index is 14.1. The van der Waals surface area contributed by atoms with E-state index in [4.69, 9.17) is 9.73 Å². The molecule has 4 aliphatic rings. The van der Waals surface area contributed by atoms with Gasteiger partial charge in [0.1, 0.15) is 5.71 Å². The van der Waals surface area contributed by atoms with Gasteiger partial charge < -0.3 is 9.72 Å². The third-order valence-electron chi connectivity index (χ3n) is 10.5. The average molecular weight is 487 g/mol. The summed E-state index contributed by atoms with van der Waals surface area (Å²) in [4.78, 5) is 35.3. The van der Waals surface area contributed by atoms with Gasteiger partial charge in [-0.15, -0.1) is 0 Å². The van der Waals surface area contributed by atoms with Gasteiger partial charge in [0.05, 0.1) is 18.2 Å². The standard InChI is InChI=1S/C31H38N2O3/c1-29(27(34)26-25-21(13-17-32-26)20-8-5-6-9-23(20)33-25)16-12-22-19(18-29)10-11-24-30(22,2)14-7-15-31(24,3)28(35)36-4/h5-6,8-10,22,24,33H,7,11-18H2,1-4H3/t22-,24+,29-,30+,31+/m0/s1. The van der Waals surface area contributed by atoms with Gasteiger partial charge in [0.25, 0.3) is 0 Å². The number of benzene rings is 1. The number of H-pyrrole nitrogens is 1. The zero-order valence-corrected chi connectivity index (χ0v) is 22.1. The van der Waals surface area contributed by atoms with Gasteiger partial charge in [0, 0.05) is 22.9 Å². The molecule has 0 unspecified atom stereocenters. The molecule has 1 aliphatic heterocycles. The van der Waals surface area contributed by atoms with Gasteiger partial charge >= 0.3 is 5.97 Å². The van der Waals surface area contributed by atoms with Crippen molar-refractivity contribution in [1.82, 2.24) is 4.98 Å². The number of esters is 1. The minimum absolute atomic E-state index is 0.0597. The lowest BCUT2D eigenvalue weighted by molar-refractivity contribution is -0.167. The molecule has 36 heavy (non-hydrogen) atoms. The number of Topliss-reactive ketones (excluding diaryl/α,β-unsaturated/α-hetero) is 1. The topological polar surface area (TPSA) is 71.5 Å². The molecule has 2 aromatic rings. The fraction of sp³-hybridized carbons (Fsp3) is 0.581. The molecule has 1 aromatic heterocycles. The van der Waals surface area contributed by atoms with Crippen LogP contribution in [0, 0.1) is 28.1 Å². The van der Waals surface area contributed by atoms with Gasteiger partial charge in [-0.25, -0.2) is 0 Å². The minimum Gasteiger partial charge on any atom is -0.469 e. The lowest BCUT2D eigenvalue weighted by atomic mass is 9.45. The van der Waals surface area contributed by atoms with Crippen LogP contribution in [0.3, 0.4) is 0 Å². The number of carbonyl (C=O) groups is 2. The van der Waals surface area contributed by atoms with E-state index in [0.29, 0.717) is 18.2 Å². The van der Waals surface area contributed by atoms with Crippen LogP contribution in [0.15, 0.2) is 40.9 Å². The van der Waals surface area contributed by atoms with Crippen LogP contribution in [0.2, 0.25) is 0 Å². The first-order chi connectivity index (χ1) is 17.2. The van der Waals surface area contributed by atoms with Gasteiger partial charge in [0.2, 0.25) is 0 Å². The number of ketones is 1. The molecule has 3 aliphatic carbocycles. The van der Waals surface area contributed by atoms with Crippen molar-refractivity contribution in [2.75, 3.05) is 13.7 Å². The van der Waals surface area contributed by atoms with Gasteiger partial charge in [-0.2, -0.15) is 0 Å². The molecule has 6 rings (SSSR count). The summed E-state index contributed by atoms with van der Waals surface area (Å²) >= 11 is 0. The van der Waals surface area contributed by atoms with Crippen LogP contribution in [-0.2, 0) is 20.7 Å². The van der Waals surface area contributed by atoms with Crippen molar-refractivity contribution < 1.29 is 14.3 Å². The van der Waals surface area contributed by atoms with Gasteiger partial charge in [-0.05, 0) is 80.8 Å². The van der Waals surface area contributed by atoms with Crippen LogP contribution in [0.25, 0.3) is 10.9 Å². The minimum atomic E-state index is -0.448. The maximum atomic E-state index is 14.1. The summed E-state index contributed by atoms with van der Waals surface area (Å²) in [5.41, 5.74) is 4.52. The van der Waals surface area contributed by atoms with Crippen LogP contribution in [-0.4, -0.2) is 36.1 Å². The number of aromatic nitrogens is 1. The molecule has 1 N–H and O–H groups in total. The number of hydrogen-bond acceptors (Lipinski definition) is 4. The smallest absolute Gasteiger partial charge is 0.311 e. The maximum Gasteiger partial charge on any atom is 0.311 e. The summed E-state index contributed by atoms with van der Waals surface area (Å²) in [6.07, 6.45) is 9.89. The van der Waals surface area contributed by atoms with Gasteiger partial charge in [-0.3, -0.25) is 14.6 Å². The number of nitrogens with one attached hydrogen (secondary N) is 1. The molecule has 2 fully saturated rings. The number of carbonyl (C=O) groups excluding carboxylic acids is 2. The Morgan fingerprint density at radius 1 is 1.11 bits per heavy atom. The molecule has 5 heteroatoms. The quantitative estimate of drug-likeness (QED) is 0.414. The van der Waals surface area contributed by atoms with Crippen molar-refractivity contribution in [3.63, 3.8) is 0 Å². The molecule has 5 atom stereocenters. The molecule has 5 nitrogen and oxygen atoms in total. The lowest BCUT2D eigenvalue weighted by Crippen LogP contribution is -2.54. The number of aromatic amines is 1. The van der Waals surface area contributed by atoms with E-state index in [0.717, 1.165) is 62.6 Å². The van der Waals surface area contributed by atoms with E-state index in [9.17, 15) is 9.59 Å². The molecule has 2 heterocycles. The number of allylic oxidation sites excluding steroid dienone is 2. The Bertz CT molecular complexity index is 1320. The SMILES string of the molecule is COC(=O)[C@]1(C)CCC[C@@]2(C)[C@H]1CC=C1C[C@@](C)(C(=O)C3=NCCc4c3[nH]c3ccccc43)CC[C@@H]12. The third kappa shape index (κ3) is 3.23. The van der Waals surface area contributed by atoms with E-state index < -0.39 is 10.8 Å². The van der Waals surface area contributed by atoms with Crippen molar-refractivity contribution in [2.24, 2.45) is 33.1 Å². The first-order valence-electron chi connectivity index (χ1n) is 13.7. The lowest BCUT2D eigenvalue weighted by Gasteiger charge is -2.58. The zero-order valence-electron chi connectivity index (χ0n) is 22.1. The summed E-state index contributed by atoms with van der Waals surface area (Å²) in [5.74, 6) is 0.843. The van der Waals surface area contributed by atoms with E-state index >= 15 is 0 Å². The fourth-order valence-electron chi connectivity index (χ4n) is 8.57. The highest BCUT2D eigenvalue weighted by molar-refractivity contribution is 6.48. The summed E-state index contributed by atoms with van der Waals surface area (Å²) < 4.78 is 5.28. The second-order valence-electron chi connectivity index (χ2n) is 12.5. The normalized spacial score (nSPS) is 35.7. The summed E-state index contributed by atoms with van der Waals surface area (Å²) in [5, 5.41) is 1.21. The van der Waals surface area contributed by atoms with E-state index in [1.807, 2.05) is 6.07 Å². The first-order valence-corrected chi connectivity index (χ1v) is 13.7. The van der Waals surface area contributed by atoms with Crippen LogP contribution in [0.5, 0.6) is 0 Å². The Morgan fingerprint density at radius 2 is 1.92 bits per heavy atom. The van der Waals surface area contributed by atoms with Crippen LogP contribution >= 0.6 is 0 Å². The number of rotatable bonds is 3. The van der Waals surface area contributed by atoms with E-state index in [2.05, 4.69) is 50.0 Å². The first kappa shape index (κ1) is 23.7. The predicted octanol–water partition coefficient (Wildman–Crippen LogP) is 6.20. The summed E-state index contributed by atoms with van der Waals surface area (Å²) in [6.45, 7) is 7.35. The Balaban J connectivity index is 1.31. The molecule has 1 aromatic carbocycles. The Kier molecular flexibility index (Phi) is 5.37. The highest BCUT2D eigenvalue weighted by Gasteiger charge is 2.59. The number of para-hydroxylation sites is 1. The summed E-state index contributed by atoms with van der Waals surface area (Å²) in [7, 11) is 1.52. The Morgan fingerprint density at radius 3 is 2.72 bits per heavy atom. The molecule has 0 radical (unpaired) electrons. The number of aliphatic imine (C=N–C) groups is 1. The molecular formula is C31H38N2O3. The molecule has 0 saturated heterocycles. The highest BCUT2D eigenvalue weighted by atomic mass is 16.5. The fourth-order valence-corrected chi connectivity index (χ4v) is 8.57. The van der Waals surface area contributed by atoms with Crippen LogP contribution in [0.4, 0.5) is 0 Å². The van der Waals surface area contributed by atoms with Crippen LogP contribution in [0.1, 0.15) is 77.0 Å². The number of methoxy groups -OCH3 is 1. The number of fused-ring (bicyclic) bond motifs is 6. The van der Waals surface area contributed by atoms with Crippen molar-refractivity contribution >= 4 is 28.4 Å². The molecular weight excluding hydrogens is 448 g/mol. The van der Waals surface area contributed by atoms with E-state index in [1.165, 1.54) is 23.6 Å². The van der Waals surface area contributed by atoms with E-state index in [-0.39, 0.29) is 23.1 Å². The van der Waals surface area contributed by atoms with Crippen molar-refractivity contribution in [1.29, 1.82) is 0 Å². The van der Waals surface area contributed by atoms with Crippen molar-refractivity contribution in [3.05, 3.63) is 47.2 Å². The number of ether oxygens (including phenoxy) is 1. The molecule has 190 valence electrons. The Hall–Kier alpha value is -2.69. The summed E-state index contributed by atoms with van der Waals surface area (Å²) in [6, 6.07) is 8.32. The third-order valence-corrected chi connectivity index (χ3v) is 10.5. The number of hydrogen-bond donors (Lipinski definition) is 1. The number of nitrogens with zero attached hydrogens (tertiary/aromatic N) is 1. The van der Waals surface area contributed by atoms with Crippen molar-refractivity contribution in [3.8, 4) is 0 Å². The average Bonchev–Trinajstić information content (AvgIpc) is 3.26. The van der Waals surface area contributed by atoms with Gasteiger partial charge in [-0.1, -0.05) is 50.1 Å². The second-order valence-corrected chi connectivity index (χ2v) is 12.5. The Labute approximate surface area is 213 Å². The van der Waals surface area contributed by atoms with E-state index in [1.54, 1.807) is 0 Å². The second kappa shape index (κ2) is 8.16. The molecule has 0 spiro atoms. The molecule has 0 bridgehead atoms. The molecule has 2 saturated carbocycles. The van der Waals surface area contributed by atoms with Crippen LogP contribution < -0.4 is 0 Å².